The Balaban J connectivity index is 1.61. The van der Waals surface area contributed by atoms with Crippen molar-refractivity contribution in [3.8, 4) is 17.2 Å². The van der Waals surface area contributed by atoms with Gasteiger partial charge in [0.15, 0.2) is 6.61 Å². The van der Waals surface area contributed by atoms with Gasteiger partial charge in [0, 0.05) is 18.2 Å². The molecule has 1 aliphatic carbocycles. The molecule has 2 aromatic carbocycles. The van der Waals surface area contributed by atoms with Gasteiger partial charge in [-0.1, -0.05) is 24.3 Å². The van der Waals surface area contributed by atoms with E-state index in [1.807, 2.05) is 12.1 Å². The third kappa shape index (κ3) is 4.24. The summed E-state index contributed by atoms with van der Waals surface area (Å²) in [7, 11) is 3.15. The van der Waals surface area contributed by atoms with Gasteiger partial charge in [0.05, 0.1) is 20.3 Å². The van der Waals surface area contributed by atoms with Crippen LogP contribution in [-0.2, 0) is 11.2 Å². The van der Waals surface area contributed by atoms with E-state index in [0.717, 1.165) is 19.3 Å². The number of carbonyl (C=O) groups excluding carboxylic acids is 1. The number of hydrogen-bond acceptors (Lipinski definition) is 4. The van der Waals surface area contributed by atoms with E-state index < -0.39 is 0 Å². The summed E-state index contributed by atoms with van der Waals surface area (Å²) in [5.74, 6) is 1.64. The van der Waals surface area contributed by atoms with Gasteiger partial charge in [-0.05, 0) is 30.4 Å². The molecule has 1 aliphatic rings. The Morgan fingerprint density at radius 1 is 1.08 bits per heavy atom. The lowest BCUT2D eigenvalue weighted by molar-refractivity contribution is -0.124. The number of rotatable bonds is 6. The van der Waals surface area contributed by atoms with E-state index in [2.05, 4.69) is 17.4 Å². The van der Waals surface area contributed by atoms with Gasteiger partial charge < -0.3 is 19.5 Å². The summed E-state index contributed by atoms with van der Waals surface area (Å²) < 4.78 is 16.0. The predicted octanol–water partition coefficient (Wildman–Crippen LogP) is 3.28. The topological polar surface area (TPSA) is 56.8 Å². The number of carbonyl (C=O) groups is 1. The fourth-order valence-corrected chi connectivity index (χ4v) is 3.15. The molecule has 0 spiro atoms. The van der Waals surface area contributed by atoms with Gasteiger partial charge in [-0.25, -0.2) is 0 Å². The van der Waals surface area contributed by atoms with Crippen LogP contribution in [0.5, 0.6) is 17.2 Å². The van der Waals surface area contributed by atoms with Crippen molar-refractivity contribution < 1.29 is 19.0 Å². The zero-order valence-corrected chi connectivity index (χ0v) is 14.6. The molecule has 0 saturated heterocycles. The van der Waals surface area contributed by atoms with Gasteiger partial charge in [-0.2, -0.15) is 0 Å². The van der Waals surface area contributed by atoms with Crippen LogP contribution in [0.2, 0.25) is 0 Å². The smallest absolute Gasteiger partial charge is 0.258 e. The molecule has 3 rings (SSSR count). The van der Waals surface area contributed by atoms with Crippen LogP contribution in [0.25, 0.3) is 0 Å². The van der Waals surface area contributed by atoms with Crippen LogP contribution in [0.4, 0.5) is 0 Å². The molecule has 5 nitrogen and oxygen atoms in total. The van der Waals surface area contributed by atoms with E-state index in [0.29, 0.717) is 17.2 Å². The molecule has 0 aliphatic heterocycles. The molecule has 25 heavy (non-hydrogen) atoms. The molecule has 0 heterocycles. The minimum atomic E-state index is -0.136. The third-order valence-electron chi connectivity index (χ3n) is 4.40. The Bertz CT molecular complexity index is 722. The van der Waals surface area contributed by atoms with Crippen molar-refractivity contribution in [1.29, 1.82) is 0 Å². The van der Waals surface area contributed by atoms with E-state index in [1.54, 1.807) is 32.4 Å². The zero-order chi connectivity index (χ0) is 17.6. The summed E-state index contributed by atoms with van der Waals surface area (Å²) in [5.41, 5.74) is 2.53. The first-order valence-electron chi connectivity index (χ1n) is 8.42. The first-order chi connectivity index (χ1) is 12.2. The van der Waals surface area contributed by atoms with Crippen LogP contribution in [0.3, 0.4) is 0 Å². The van der Waals surface area contributed by atoms with Crippen molar-refractivity contribution in [2.24, 2.45) is 0 Å². The maximum absolute atomic E-state index is 12.3. The molecule has 0 aromatic heterocycles. The van der Waals surface area contributed by atoms with Crippen LogP contribution in [0.1, 0.15) is 30.0 Å². The molecule has 5 heteroatoms. The highest BCUT2D eigenvalue weighted by Gasteiger charge is 2.21. The molecule has 132 valence electrons. The summed E-state index contributed by atoms with van der Waals surface area (Å²) in [6.07, 6.45) is 3.11. The van der Waals surface area contributed by atoms with E-state index in [9.17, 15) is 4.79 Å². The SMILES string of the molecule is COc1cc(OC)cc(OCC(=O)N[C@H]2CCCc3ccccc32)c1. The molecule has 0 radical (unpaired) electrons. The molecule has 0 saturated carbocycles. The maximum Gasteiger partial charge on any atom is 0.258 e. The lowest BCUT2D eigenvalue weighted by Gasteiger charge is -2.26. The largest absolute Gasteiger partial charge is 0.496 e. The zero-order valence-electron chi connectivity index (χ0n) is 14.6. The molecule has 0 unspecified atom stereocenters. The fourth-order valence-electron chi connectivity index (χ4n) is 3.15. The van der Waals surface area contributed by atoms with Crippen molar-refractivity contribution >= 4 is 5.91 Å². The van der Waals surface area contributed by atoms with E-state index >= 15 is 0 Å². The predicted molar refractivity (Wildman–Crippen MR) is 95.3 cm³/mol. The minimum absolute atomic E-state index is 0.0466. The second-order valence-corrected chi connectivity index (χ2v) is 6.05. The fraction of sp³-hybridized carbons (Fsp3) is 0.350. The highest BCUT2D eigenvalue weighted by molar-refractivity contribution is 5.78. The van der Waals surface area contributed by atoms with Crippen molar-refractivity contribution in [3.05, 3.63) is 53.6 Å². The number of hydrogen-bond donors (Lipinski definition) is 1. The van der Waals surface area contributed by atoms with Crippen molar-refractivity contribution in [1.82, 2.24) is 5.32 Å². The number of benzene rings is 2. The van der Waals surface area contributed by atoms with Crippen molar-refractivity contribution in [2.75, 3.05) is 20.8 Å². The Kier molecular flexibility index (Phi) is 5.43. The Morgan fingerprint density at radius 2 is 1.76 bits per heavy atom. The molecule has 1 N–H and O–H groups in total. The van der Waals surface area contributed by atoms with Gasteiger partial charge in [0.25, 0.3) is 5.91 Å². The average molecular weight is 341 g/mol. The lowest BCUT2D eigenvalue weighted by atomic mass is 9.88. The first-order valence-corrected chi connectivity index (χ1v) is 8.42. The van der Waals surface area contributed by atoms with Gasteiger partial charge in [-0.3, -0.25) is 4.79 Å². The highest BCUT2D eigenvalue weighted by atomic mass is 16.5. The standard InChI is InChI=1S/C20H23NO4/c1-23-15-10-16(24-2)12-17(11-15)25-13-20(22)21-19-9-5-7-14-6-3-4-8-18(14)19/h3-4,6,8,10-12,19H,5,7,9,13H2,1-2H3,(H,21,22)/t19-/m0/s1. The van der Waals surface area contributed by atoms with Crippen LogP contribution in [0.15, 0.2) is 42.5 Å². The molecular formula is C20H23NO4. The molecule has 0 bridgehead atoms. The summed E-state index contributed by atoms with van der Waals surface area (Å²) in [5, 5.41) is 3.08. The Hall–Kier alpha value is -2.69. The monoisotopic (exact) mass is 341 g/mol. The molecule has 1 atom stereocenters. The number of ether oxygens (including phenoxy) is 3. The third-order valence-corrected chi connectivity index (χ3v) is 4.40. The first kappa shape index (κ1) is 17.1. The lowest BCUT2D eigenvalue weighted by Crippen LogP contribution is -2.34. The number of fused-ring (bicyclic) bond motifs is 1. The highest BCUT2D eigenvalue weighted by Crippen LogP contribution is 2.30. The number of methoxy groups -OCH3 is 2. The number of amides is 1. The van der Waals surface area contributed by atoms with E-state index in [-0.39, 0.29) is 18.6 Å². The molecule has 1 amide bonds. The summed E-state index contributed by atoms with van der Waals surface area (Å²) >= 11 is 0. The Morgan fingerprint density at radius 3 is 2.48 bits per heavy atom. The number of aryl methyl sites for hydroxylation is 1. The van der Waals surface area contributed by atoms with Gasteiger partial charge in [0.1, 0.15) is 17.2 Å². The summed E-state index contributed by atoms with van der Waals surface area (Å²) in [4.78, 5) is 12.3. The number of nitrogens with one attached hydrogen (secondary N) is 1. The van der Waals surface area contributed by atoms with Crippen LogP contribution in [0, 0.1) is 0 Å². The van der Waals surface area contributed by atoms with E-state index in [4.69, 9.17) is 14.2 Å². The van der Waals surface area contributed by atoms with Crippen molar-refractivity contribution in [3.63, 3.8) is 0 Å². The van der Waals surface area contributed by atoms with Gasteiger partial charge in [-0.15, -0.1) is 0 Å². The van der Waals surface area contributed by atoms with Crippen LogP contribution >= 0.6 is 0 Å². The molecule has 0 fully saturated rings. The summed E-state index contributed by atoms with van der Waals surface area (Å²) in [6.45, 7) is -0.0466. The quantitative estimate of drug-likeness (QED) is 0.876. The normalized spacial score (nSPS) is 15.8. The second-order valence-electron chi connectivity index (χ2n) is 6.05. The minimum Gasteiger partial charge on any atom is -0.496 e. The van der Waals surface area contributed by atoms with E-state index in [1.165, 1.54) is 11.1 Å². The van der Waals surface area contributed by atoms with Crippen LogP contribution < -0.4 is 19.5 Å². The average Bonchev–Trinajstić information content (AvgIpc) is 2.66. The molecular weight excluding hydrogens is 318 g/mol. The van der Waals surface area contributed by atoms with Gasteiger partial charge >= 0.3 is 0 Å². The van der Waals surface area contributed by atoms with Crippen LogP contribution in [-0.4, -0.2) is 26.7 Å². The molecule has 2 aromatic rings. The second kappa shape index (κ2) is 7.92. The summed E-state index contributed by atoms with van der Waals surface area (Å²) in [6, 6.07) is 13.6. The maximum atomic E-state index is 12.3. The Labute approximate surface area is 147 Å². The van der Waals surface area contributed by atoms with Crippen molar-refractivity contribution in [2.45, 2.75) is 25.3 Å². The van der Waals surface area contributed by atoms with Gasteiger partial charge in [0.2, 0.25) is 0 Å².